The van der Waals surface area contributed by atoms with E-state index in [-0.39, 0.29) is 36.9 Å². The van der Waals surface area contributed by atoms with Crippen LogP contribution in [0.5, 0.6) is 0 Å². The molecule has 0 aliphatic carbocycles. The summed E-state index contributed by atoms with van der Waals surface area (Å²) < 4.78 is 1.52. The molecule has 3 aromatic rings. The van der Waals surface area contributed by atoms with E-state index in [4.69, 9.17) is 28.3 Å². The molecule has 2 aliphatic rings. The zero-order valence-electron chi connectivity index (χ0n) is 21.4. The van der Waals surface area contributed by atoms with Gasteiger partial charge in [0.1, 0.15) is 11.7 Å². The van der Waals surface area contributed by atoms with Crippen LogP contribution < -0.4 is 5.32 Å². The maximum absolute atomic E-state index is 13.9. The van der Waals surface area contributed by atoms with Crippen LogP contribution in [0.15, 0.2) is 30.3 Å². The second-order valence-electron chi connectivity index (χ2n) is 9.70. The molecule has 10 nitrogen and oxygen atoms in total. The molecule has 12 heteroatoms. The van der Waals surface area contributed by atoms with Crippen LogP contribution in [0, 0.1) is 6.92 Å². The number of benzene rings is 1. The number of halogens is 2. The lowest BCUT2D eigenvalue weighted by molar-refractivity contribution is -0.125. The highest BCUT2D eigenvalue weighted by Gasteiger charge is 2.43. The number of rotatable bonds is 4. The number of aryl methyl sites for hydroxylation is 1. The Labute approximate surface area is 229 Å². The molecule has 38 heavy (non-hydrogen) atoms. The summed E-state index contributed by atoms with van der Waals surface area (Å²) >= 11 is 12.2. The lowest BCUT2D eigenvalue weighted by atomic mass is 9.96. The minimum Gasteiger partial charge on any atom is -0.357 e. The molecule has 0 spiro atoms. The largest absolute Gasteiger partial charge is 0.357 e. The molecule has 0 saturated heterocycles. The second-order valence-corrected chi connectivity index (χ2v) is 10.5. The first-order valence-electron chi connectivity index (χ1n) is 12.3. The summed E-state index contributed by atoms with van der Waals surface area (Å²) in [5.74, 6) is -0.763. The van der Waals surface area contributed by atoms with Gasteiger partial charge >= 0.3 is 0 Å². The average Bonchev–Trinajstić information content (AvgIpc) is 3.27. The maximum Gasteiger partial charge on any atom is 0.273 e. The SMILES string of the molecule is CNC(=O)[C@@H]1CN([C@H](C)c2ccc(C)nn2)C(=O)c2c3c(nn21)C[C@@H](C)N(C(=O)c1ccc(Cl)c(Cl)c1)C3. The van der Waals surface area contributed by atoms with Crippen LogP contribution in [0.3, 0.4) is 0 Å². The summed E-state index contributed by atoms with van der Waals surface area (Å²) in [7, 11) is 1.56. The third-order valence-electron chi connectivity index (χ3n) is 7.26. The van der Waals surface area contributed by atoms with Crippen LogP contribution in [0.4, 0.5) is 0 Å². The fraction of sp³-hybridized carbons (Fsp3) is 0.385. The summed E-state index contributed by atoms with van der Waals surface area (Å²) in [6.07, 6.45) is 0.440. The summed E-state index contributed by atoms with van der Waals surface area (Å²) in [4.78, 5) is 43.7. The molecule has 0 fully saturated rings. The van der Waals surface area contributed by atoms with Gasteiger partial charge in [-0.2, -0.15) is 15.3 Å². The lowest BCUT2D eigenvalue weighted by Crippen LogP contribution is -2.49. The molecular formula is C26H27Cl2N7O3. The van der Waals surface area contributed by atoms with Gasteiger partial charge in [0, 0.05) is 30.6 Å². The second kappa shape index (κ2) is 9.99. The fourth-order valence-corrected chi connectivity index (χ4v) is 5.35. The van der Waals surface area contributed by atoms with Crippen molar-refractivity contribution in [3.63, 3.8) is 0 Å². The molecular weight excluding hydrogens is 529 g/mol. The van der Waals surface area contributed by atoms with Crippen molar-refractivity contribution >= 4 is 40.9 Å². The van der Waals surface area contributed by atoms with Gasteiger partial charge < -0.3 is 15.1 Å². The zero-order valence-corrected chi connectivity index (χ0v) is 22.9. The van der Waals surface area contributed by atoms with Gasteiger partial charge in [0.25, 0.3) is 11.8 Å². The minimum atomic E-state index is -0.728. The van der Waals surface area contributed by atoms with Crippen LogP contribution in [0.2, 0.25) is 10.0 Å². The molecule has 0 saturated carbocycles. The first kappa shape index (κ1) is 26.1. The van der Waals surface area contributed by atoms with Crippen molar-refractivity contribution in [2.45, 2.75) is 51.9 Å². The molecule has 198 valence electrons. The van der Waals surface area contributed by atoms with E-state index in [1.165, 1.54) is 4.68 Å². The van der Waals surface area contributed by atoms with Gasteiger partial charge in [-0.3, -0.25) is 14.4 Å². The molecule has 4 heterocycles. The average molecular weight is 556 g/mol. The smallest absolute Gasteiger partial charge is 0.273 e. The maximum atomic E-state index is 13.9. The summed E-state index contributed by atoms with van der Waals surface area (Å²) in [5, 5.41) is 16.4. The lowest BCUT2D eigenvalue weighted by Gasteiger charge is -2.37. The van der Waals surface area contributed by atoms with E-state index >= 15 is 0 Å². The molecule has 3 amide bonds. The van der Waals surface area contributed by atoms with Crippen molar-refractivity contribution in [1.82, 2.24) is 35.1 Å². The highest BCUT2D eigenvalue weighted by atomic mass is 35.5. The quantitative estimate of drug-likeness (QED) is 0.527. The Hall–Kier alpha value is -3.50. The van der Waals surface area contributed by atoms with Gasteiger partial charge in [-0.15, -0.1) is 0 Å². The number of amides is 3. The molecule has 2 aliphatic heterocycles. The predicted molar refractivity (Wildman–Crippen MR) is 141 cm³/mol. The van der Waals surface area contributed by atoms with E-state index in [0.29, 0.717) is 44.7 Å². The Bertz CT molecular complexity index is 1440. The number of carbonyl (C=O) groups excluding carboxylic acids is 3. The zero-order chi connectivity index (χ0) is 27.3. The van der Waals surface area contributed by atoms with Crippen molar-refractivity contribution < 1.29 is 14.4 Å². The van der Waals surface area contributed by atoms with Gasteiger partial charge in [-0.25, -0.2) is 4.68 Å². The third kappa shape index (κ3) is 4.41. The first-order chi connectivity index (χ1) is 18.1. The van der Waals surface area contributed by atoms with Crippen LogP contribution in [-0.4, -0.2) is 67.1 Å². The fourth-order valence-electron chi connectivity index (χ4n) is 5.05. The number of nitrogens with one attached hydrogen (secondary N) is 1. The van der Waals surface area contributed by atoms with Crippen molar-refractivity contribution in [1.29, 1.82) is 0 Å². The minimum absolute atomic E-state index is 0.129. The van der Waals surface area contributed by atoms with Crippen LogP contribution in [0.1, 0.15) is 69.4 Å². The van der Waals surface area contributed by atoms with E-state index in [1.807, 2.05) is 32.9 Å². The monoisotopic (exact) mass is 555 g/mol. The Kier molecular flexibility index (Phi) is 6.87. The number of aromatic nitrogens is 4. The number of carbonyl (C=O) groups is 3. The molecule has 5 rings (SSSR count). The summed E-state index contributed by atoms with van der Waals surface area (Å²) in [5.41, 5.74) is 3.44. The molecule has 0 bridgehead atoms. The molecule has 1 aromatic carbocycles. The number of hydrogen-bond donors (Lipinski definition) is 1. The summed E-state index contributed by atoms with van der Waals surface area (Å²) in [6, 6.07) is 7.08. The molecule has 0 radical (unpaired) electrons. The molecule has 1 N–H and O–H groups in total. The van der Waals surface area contributed by atoms with Crippen molar-refractivity contribution in [3.05, 3.63) is 74.3 Å². The predicted octanol–water partition coefficient (Wildman–Crippen LogP) is 3.38. The molecule has 3 atom stereocenters. The Morgan fingerprint density at radius 3 is 2.55 bits per heavy atom. The van der Waals surface area contributed by atoms with Gasteiger partial charge in [-0.05, 0) is 51.1 Å². The van der Waals surface area contributed by atoms with Crippen LogP contribution in [0.25, 0.3) is 0 Å². The number of hydrogen-bond acceptors (Lipinski definition) is 6. The Morgan fingerprint density at radius 1 is 1.13 bits per heavy atom. The van der Waals surface area contributed by atoms with Gasteiger partial charge in [-0.1, -0.05) is 23.2 Å². The van der Waals surface area contributed by atoms with Gasteiger partial charge in [0.2, 0.25) is 5.91 Å². The molecule has 2 aromatic heterocycles. The van der Waals surface area contributed by atoms with Crippen molar-refractivity contribution in [2.24, 2.45) is 0 Å². The van der Waals surface area contributed by atoms with E-state index in [1.54, 1.807) is 35.0 Å². The van der Waals surface area contributed by atoms with Gasteiger partial charge in [0.05, 0.1) is 46.3 Å². The van der Waals surface area contributed by atoms with E-state index in [2.05, 4.69) is 15.5 Å². The summed E-state index contributed by atoms with van der Waals surface area (Å²) in [6.45, 7) is 5.93. The molecule has 0 unspecified atom stereocenters. The number of fused-ring (bicyclic) bond motifs is 3. The Balaban J connectivity index is 1.54. The van der Waals surface area contributed by atoms with Crippen LogP contribution >= 0.6 is 23.2 Å². The highest BCUT2D eigenvalue weighted by Crippen LogP contribution is 2.35. The third-order valence-corrected chi connectivity index (χ3v) is 8.00. The van der Waals surface area contributed by atoms with Crippen molar-refractivity contribution in [2.75, 3.05) is 13.6 Å². The normalized spacial score (nSPS) is 19.6. The first-order valence-corrected chi connectivity index (χ1v) is 13.0. The van der Waals surface area contributed by atoms with Crippen LogP contribution in [-0.2, 0) is 17.8 Å². The van der Waals surface area contributed by atoms with E-state index in [0.717, 1.165) is 5.69 Å². The number of likely N-dealkylation sites (N-methyl/N-ethyl adjacent to an activating group) is 1. The van der Waals surface area contributed by atoms with E-state index in [9.17, 15) is 14.4 Å². The van der Waals surface area contributed by atoms with Gasteiger partial charge in [0.15, 0.2) is 0 Å². The number of nitrogens with zero attached hydrogens (tertiary/aromatic N) is 6. The Morgan fingerprint density at radius 2 is 1.89 bits per heavy atom. The standard InChI is InChI=1S/C26H27Cl2N7O3/c1-13-5-8-20(31-30-13)15(3)34-12-22(24(36)29-4)35-23(26(34)38)17-11-33(14(2)9-21(17)32-35)25(37)16-6-7-18(27)19(28)10-16/h5-8,10,14-15,22H,9,11-12H2,1-4H3,(H,29,36)/t14-,15-,22+/m1/s1. The topological polar surface area (TPSA) is 113 Å². The van der Waals surface area contributed by atoms with Crippen molar-refractivity contribution in [3.8, 4) is 0 Å². The highest BCUT2D eigenvalue weighted by molar-refractivity contribution is 6.42. The van der Waals surface area contributed by atoms with E-state index < -0.39 is 12.1 Å².